The summed E-state index contributed by atoms with van der Waals surface area (Å²) in [6.45, 7) is 1.96. The second-order valence-electron chi connectivity index (χ2n) is 6.24. The number of aryl methyl sites for hydroxylation is 2. The topological polar surface area (TPSA) is 72.3 Å². The summed E-state index contributed by atoms with van der Waals surface area (Å²) in [7, 11) is 1.74. The predicted molar refractivity (Wildman–Crippen MR) is 77.1 cm³/mol. The molecule has 21 heavy (non-hydrogen) atoms. The molecule has 5 nitrogen and oxygen atoms in total. The van der Waals surface area contributed by atoms with E-state index in [1.54, 1.807) is 7.11 Å². The van der Waals surface area contributed by atoms with Gasteiger partial charge in [-0.15, -0.1) is 0 Å². The van der Waals surface area contributed by atoms with Crippen LogP contribution in [0.4, 0.5) is 0 Å². The zero-order valence-electron chi connectivity index (χ0n) is 12.7. The molecule has 1 fully saturated rings. The highest BCUT2D eigenvalue weighted by molar-refractivity contribution is 5.71. The zero-order valence-corrected chi connectivity index (χ0v) is 12.7. The molecule has 0 radical (unpaired) electrons. The number of fused-ring (bicyclic) bond motifs is 1. The maximum atomic E-state index is 11.2. The van der Waals surface area contributed by atoms with Gasteiger partial charge in [0, 0.05) is 18.5 Å². The minimum atomic E-state index is -0.715. The smallest absolute Gasteiger partial charge is 0.306 e. The maximum absolute atomic E-state index is 11.2. The first-order valence-corrected chi connectivity index (χ1v) is 7.70. The van der Waals surface area contributed by atoms with E-state index in [1.165, 1.54) is 0 Å². The SMILES string of the molecule is COC1(c2nc(C)c3c(n2)CCC(C(=O)O)C3)CCCC1. The number of aliphatic carboxylic acids is 1. The van der Waals surface area contributed by atoms with Gasteiger partial charge in [0.1, 0.15) is 5.60 Å². The molecule has 1 atom stereocenters. The van der Waals surface area contributed by atoms with Gasteiger partial charge >= 0.3 is 5.97 Å². The molecule has 1 unspecified atom stereocenters. The minimum Gasteiger partial charge on any atom is -0.481 e. The second-order valence-corrected chi connectivity index (χ2v) is 6.24. The van der Waals surface area contributed by atoms with Crippen LogP contribution in [0.25, 0.3) is 0 Å². The van der Waals surface area contributed by atoms with Crippen LogP contribution in [0, 0.1) is 12.8 Å². The molecule has 1 saturated carbocycles. The predicted octanol–water partition coefficient (Wildman–Crippen LogP) is 2.39. The highest BCUT2D eigenvalue weighted by atomic mass is 16.5. The number of carboxylic acid groups (broad SMARTS) is 1. The van der Waals surface area contributed by atoms with Gasteiger partial charge in [-0.2, -0.15) is 0 Å². The summed E-state index contributed by atoms with van der Waals surface area (Å²) < 4.78 is 5.77. The summed E-state index contributed by atoms with van der Waals surface area (Å²) in [5.41, 5.74) is 2.65. The lowest BCUT2D eigenvalue weighted by molar-refractivity contribution is -0.142. The van der Waals surface area contributed by atoms with Crippen LogP contribution < -0.4 is 0 Å². The quantitative estimate of drug-likeness (QED) is 0.925. The molecule has 0 bridgehead atoms. The number of ether oxygens (including phenoxy) is 1. The summed E-state index contributed by atoms with van der Waals surface area (Å²) >= 11 is 0. The second kappa shape index (κ2) is 5.37. The van der Waals surface area contributed by atoms with Gasteiger partial charge in [-0.1, -0.05) is 0 Å². The molecule has 0 saturated heterocycles. The van der Waals surface area contributed by atoms with E-state index < -0.39 is 5.97 Å². The lowest BCUT2D eigenvalue weighted by atomic mass is 9.85. The van der Waals surface area contributed by atoms with Crippen molar-refractivity contribution < 1.29 is 14.6 Å². The highest BCUT2D eigenvalue weighted by Gasteiger charge is 2.39. The van der Waals surface area contributed by atoms with Crippen molar-refractivity contribution in [3.05, 3.63) is 22.8 Å². The highest BCUT2D eigenvalue weighted by Crippen LogP contribution is 2.41. The fourth-order valence-corrected chi connectivity index (χ4v) is 3.67. The Morgan fingerprint density at radius 2 is 2.05 bits per heavy atom. The molecular weight excluding hydrogens is 268 g/mol. The molecule has 5 heteroatoms. The van der Waals surface area contributed by atoms with Gasteiger partial charge in [0.2, 0.25) is 0 Å². The van der Waals surface area contributed by atoms with Crippen LogP contribution in [0.5, 0.6) is 0 Å². The molecular formula is C16H22N2O3. The minimum absolute atomic E-state index is 0.298. The van der Waals surface area contributed by atoms with Gasteiger partial charge in [-0.3, -0.25) is 4.79 Å². The van der Waals surface area contributed by atoms with Crippen LogP contribution in [0.2, 0.25) is 0 Å². The average molecular weight is 290 g/mol. The number of carbonyl (C=O) groups is 1. The van der Waals surface area contributed by atoms with E-state index in [2.05, 4.69) is 4.98 Å². The summed E-state index contributed by atoms with van der Waals surface area (Å²) in [5, 5.41) is 9.20. The van der Waals surface area contributed by atoms with E-state index in [4.69, 9.17) is 9.72 Å². The van der Waals surface area contributed by atoms with Crippen molar-refractivity contribution >= 4 is 5.97 Å². The summed E-state index contributed by atoms with van der Waals surface area (Å²) in [6.07, 6.45) is 6.18. The Bertz CT molecular complexity index is 565. The van der Waals surface area contributed by atoms with Gasteiger partial charge in [0.15, 0.2) is 5.82 Å². The van der Waals surface area contributed by atoms with Crippen LogP contribution in [-0.2, 0) is 28.0 Å². The summed E-state index contributed by atoms with van der Waals surface area (Å²) in [4.78, 5) is 20.6. The van der Waals surface area contributed by atoms with Crippen LogP contribution in [-0.4, -0.2) is 28.2 Å². The molecule has 0 aromatic carbocycles. The number of carboxylic acids is 1. The molecule has 3 rings (SSSR count). The average Bonchev–Trinajstić information content (AvgIpc) is 2.97. The normalized spacial score (nSPS) is 23.8. The lowest BCUT2D eigenvalue weighted by Gasteiger charge is -2.29. The molecule has 1 aromatic rings. The molecule has 1 N–H and O–H groups in total. The first kappa shape index (κ1) is 14.4. The number of nitrogens with zero attached hydrogens (tertiary/aromatic N) is 2. The van der Waals surface area contributed by atoms with Gasteiger partial charge in [0.05, 0.1) is 5.92 Å². The fraction of sp³-hybridized carbons (Fsp3) is 0.688. The molecule has 114 valence electrons. The van der Waals surface area contributed by atoms with Crippen LogP contribution in [0.3, 0.4) is 0 Å². The first-order valence-electron chi connectivity index (χ1n) is 7.70. The van der Waals surface area contributed by atoms with Crippen LogP contribution in [0.1, 0.15) is 54.9 Å². The van der Waals surface area contributed by atoms with Crippen molar-refractivity contribution in [2.45, 2.75) is 57.5 Å². The first-order chi connectivity index (χ1) is 10.1. The van der Waals surface area contributed by atoms with E-state index in [1.807, 2.05) is 6.92 Å². The molecule has 0 spiro atoms. The Labute approximate surface area is 124 Å². The van der Waals surface area contributed by atoms with Gasteiger partial charge in [-0.25, -0.2) is 9.97 Å². The van der Waals surface area contributed by atoms with E-state index in [9.17, 15) is 9.90 Å². The van der Waals surface area contributed by atoms with Gasteiger partial charge < -0.3 is 9.84 Å². The van der Waals surface area contributed by atoms with Crippen molar-refractivity contribution in [1.82, 2.24) is 9.97 Å². The third-order valence-corrected chi connectivity index (χ3v) is 5.04. The standard InChI is InChI=1S/C16H22N2O3/c1-10-12-9-11(14(19)20)5-6-13(12)18-15(17-10)16(21-2)7-3-4-8-16/h11H,3-9H2,1-2H3,(H,19,20). The molecule has 2 aliphatic rings. The summed E-state index contributed by atoms with van der Waals surface area (Å²) in [6, 6.07) is 0. The molecule has 0 aliphatic heterocycles. The van der Waals surface area contributed by atoms with Crippen molar-refractivity contribution in [2.24, 2.45) is 5.92 Å². The monoisotopic (exact) mass is 290 g/mol. The Morgan fingerprint density at radius 1 is 1.33 bits per heavy atom. The van der Waals surface area contributed by atoms with Crippen LogP contribution >= 0.6 is 0 Å². The van der Waals surface area contributed by atoms with Crippen molar-refractivity contribution in [1.29, 1.82) is 0 Å². The van der Waals surface area contributed by atoms with Crippen molar-refractivity contribution in [3.8, 4) is 0 Å². The fourth-order valence-electron chi connectivity index (χ4n) is 3.67. The number of aromatic nitrogens is 2. The van der Waals surface area contributed by atoms with E-state index in [0.717, 1.165) is 54.9 Å². The van der Waals surface area contributed by atoms with Crippen LogP contribution in [0.15, 0.2) is 0 Å². The number of methoxy groups -OCH3 is 1. The van der Waals surface area contributed by atoms with E-state index >= 15 is 0 Å². The third-order valence-electron chi connectivity index (χ3n) is 5.04. The Morgan fingerprint density at radius 3 is 2.67 bits per heavy atom. The number of hydrogen-bond donors (Lipinski definition) is 1. The molecule has 1 aromatic heterocycles. The molecule has 1 heterocycles. The van der Waals surface area contributed by atoms with Gasteiger partial charge in [0.25, 0.3) is 0 Å². The van der Waals surface area contributed by atoms with E-state index in [-0.39, 0.29) is 11.5 Å². The van der Waals surface area contributed by atoms with E-state index in [0.29, 0.717) is 12.8 Å². The number of rotatable bonds is 3. The third kappa shape index (κ3) is 2.44. The zero-order chi connectivity index (χ0) is 15.0. The summed E-state index contributed by atoms with van der Waals surface area (Å²) in [5.74, 6) is -0.214. The van der Waals surface area contributed by atoms with Crippen molar-refractivity contribution in [2.75, 3.05) is 7.11 Å². The largest absolute Gasteiger partial charge is 0.481 e. The van der Waals surface area contributed by atoms with Crippen molar-refractivity contribution in [3.63, 3.8) is 0 Å². The lowest BCUT2D eigenvalue weighted by Crippen LogP contribution is -2.31. The Balaban J connectivity index is 1.97. The Hall–Kier alpha value is -1.49. The number of hydrogen-bond acceptors (Lipinski definition) is 4. The Kier molecular flexibility index (Phi) is 3.69. The molecule has 0 amide bonds. The van der Waals surface area contributed by atoms with Gasteiger partial charge in [-0.05, 0) is 57.4 Å². The molecule has 2 aliphatic carbocycles. The maximum Gasteiger partial charge on any atom is 0.306 e.